The molecular weight excluding hydrogens is 405 g/mol. The number of likely N-dealkylation sites (N-methyl/N-ethyl adjacent to an activating group) is 1. The quantitative estimate of drug-likeness (QED) is 0.163. The molecule has 0 aromatic heterocycles. The van der Waals surface area contributed by atoms with Crippen molar-refractivity contribution >= 4 is 14.6 Å². The molecule has 0 spiro atoms. The molecule has 30 heavy (non-hydrogen) atoms. The van der Waals surface area contributed by atoms with E-state index in [9.17, 15) is 9.69 Å². The molecule has 0 aliphatic carbocycles. The summed E-state index contributed by atoms with van der Waals surface area (Å²) >= 11 is 0. The number of carboxylic acid groups (broad SMARTS) is 1. The van der Waals surface area contributed by atoms with Crippen LogP contribution in [-0.2, 0) is 18.6 Å². The van der Waals surface area contributed by atoms with Gasteiger partial charge in [-0.3, -0.25) is 4.79 Å². The molecule has 0 fully saturated rings. The van der Waals surface area contributed by atoms with Crippen LogP contribution in [0.25, 0.3) is 0 Å². The van der Waals surface area contributed by atoms with Crippen LogP contribution >= 0.6 is 8.60 Å². The molecule has 0 aliphatic rings. The second-order valence-corrected chi connectivity index (χ2v) is 11.2. The number of hydrogen-bond acceptors (Lipinski definition) is 5. The minimum atomic E-state index is -2.04. The lowest BCUT2D eigenvalue weighted by atomic mass is 9.93. The van der Waals surface area contributed by atoms with Crippen LogP contribution in [0, 0.1) is 5.41 Å². The third kappa shape index (κ3) is 22.4. The summed E-state index contributed by atoms with van der Waals surface area (Å²) in [6.45, 7) is 9.36. The topological polar surface area (TPSA) is 85.2 Å². The van der Waals surface area contributed by atoms with Crippen LogP contribution in [0.2, 0.25) is 0 Å². The number of hydrogen-bond donors (Lipinski definition) is 2. The van der Waals surface area contributed by atoms with Gasteiger partial charge in [0.2, 0.25) is 0 Å². The SMILES string of the molecule is CC(C)(C)CCOCCCCCCCCCO[P@@](O)OC(CC(=O)O)C[N+](C)(C)C. The zero-order valence-electron chi connectivity index (χ0n) is 20.2. The van der Waals surface area contributed by atoms with Gasteiger partial charge in [-0.1, -0.05) is 52.9 Å². The van der Waals surface area contributed by atoms with Crippen molar-refractivity contribution in [2.75, 3.05) is 47.5 Å². The van der Waals surface area contributed by atoms with E-state index in [1.807, 2.05) is 21.1 Å². The van der Waals surface area contributed by atoms with Crippen molar-refractivity contribution in [1.29, 1.82) is 0 Å². The van der Waals surface area contributed by atoms with Crippen molar-refractivity contribution in [3.63, 3.8) is 0 Å². The molecule has 0 amide bonds. The molecule has 7 nitrogen and oxygen atoms in total. The van der Waals surface area contributed by atoms with E-state index in [1.165, 1.54) is 19.3 Å². The predicted molar refractivity (Wildman–Crippen MR) is 122 cm³/mol. The first-order valence-corrected chi connectivity index (χ1v) is 12.4. The van der Waals surface area contributed by atoms with Crippen LogP contribution in [0.3, 0.4) is 0 Å². The Morgan fingerprint density at radius 3 is 1.97 bits per heavy atom. The van der Waals surface area contributed by atoms with Gasteiger partial charge < -0.3 is 28.3 Å². The van der Waals surface area contributed by atoms with Gasteiger partial charge in [0.1, 0.15) is 12.6 Å². The van der Waals surface area contributed by atoms with Gasteiger partial charge in [0, 0.05) is 13.2 Å². The van der Waals surface area contributed by atoms with Gasteiger partial charge in [-0.2, -0.15) is 0 Å². The third-order valence-electron chi connectivity index (χ3n) is 4.52. The molecule has 0 aromatic carbocycles. The van der Waals surface area contributed by atoms with Crippen LogP contribution in [0.4, 0.5) is 0 Å². The molecule has 2 N–H and O–H groups in total. The van der Waals surface area contributed by atoms with Gasteiger partial charge in [0.15, 0.2) is 0 Å². The molecule has 0 radical (unpaired) electrons. The maximum atomic E-state index is 11.0. The molecule has 180 valence electrons. The predicted octanol–water partition coefficient (Wildman–Crippen LogP) is 4.97. The molecule has 0 bridgehead atoms. The Morgan fingerprint density at radius 2 is 1.47 bits per heavy atom. The molecule has 0 aliphatic heterocycles. The van der Waals surface area contributed by atoms with E-state index in [-0.39, 0.29) is 6.42 Å². The summed E-state index contributed by atoms with van der Waals surface area (Å²) in [7, 11) is 3.84. The summed E-state index contributed by atoms with van der Waals surface area (Å²) in [4.78, 5) is 20.9. The van der Waals surface area contributed by atoms with E-state index < -0.39 is 20.7 Å². The van der Waals surface area contributed by atoms with E-state index in [1.54, 1.807) is 0 Å². The smallest absolute Gasteiger partial charge is 0.330 e. The Labute approximate surface area is 185 Å². The number of ether oxygens (including phenoxy) is 1. The third-order valence-corrected chi connectivity index (χ3v) is 5.41. The van der Waals surface area contributed by atoms with Crippen LogP contribution in [0.15, 0.2) is 0 Å². The van der Waals surface area contributed by atoms with Gasteiger partial charge in [0.05, 0.1) is 34.2 Å². The molecule has 2 atom stereocenters. The fourth-order valence-electron chi connectivity index (χ4n) is 2.91. The fraction of sp³-hybridized carbons (Fsp3) is 0.955. The lowest BCUT2D eigenvalue weighted by Crippen LogP contribution is -2.42. The summed E-state index contributed by atoms with van der Waals surface area (Å²) in [5.74, 6) is -0.937. The van der Waals surface area contributed by atoms with Crippen LogP contribution in [-0.4, -0.2) is 74.1 Å². The van der Waals surface area contributed by atoms with E-state index >= 15 is 0 Å². The van der Waals surface area contributed by atoms with Crippen molar-refractivity contribution < 1.29 is 33.1 Å². The molecule has 8 heteroatoms. The molecule has 0 heterocycles. The highest BCUT2D eigenvalue weighted by atomic mass is 31.2. The lowest BCUT2D eigenvalue weighted by molar-refractivity contribution is -0.873. The Bertz CT molecular complexity index is 436. The van der Waals surface area contributed by atoms with Gasteiger partial charge >= 0.3 is 14.6 Å². The first-order valence-electron chi connectivity index (χ1n) is 11.3. The molecule has 0 aromatic rings. The number of unbranched alkanes of at least 4 members (excludes halogenated alkanes) is 6. The summed E-state index contributed by atoms with van der Waals surface area (Å²) in [5, 5.41) is 9.00. The summed E-state index contributed by atoms with van der Waals surface area (Å²) in [5.41, 5.74) is 0.346. The zero-order valence-corrected chi connectivity index (χ0v) is 21.1. The van der Waals surface area contributed by atoms with Gasteiger partial charge in [0.25, 0.3) is 0 Å². The van der Waals surface area contributed by atoms with E-state index in [0.29, 0.717) is 23.0 Å². The van der Waals surface area contributed by atoms with E-state index in [0.717, 1.165) is 45.3 Å². The van der Waals surface area contributed by atoms with Crippen LogP contribution in [0.1, 0.15) is 78.6 Å². The zero-order chi connectivity index (χ0) is 23.0. The molecular formula is C22H47NO6P+. The maximum absolute atomic E-state index is 11.0. The van der Waals surface area contributed by atoms with Gasteiger partial charge in [-0.25, -0.2) is 0 Å². The standard InChI is InChI=1S/C22H46NO6P/c1-22(2,3)14-17-27-15-12-10-8-7-9-11-13-16-28-30(26)29-20(18-21(24)25)19-23(4,5)6/h20,26H,7-19H2,1-6H3/p+1/t20?,30-/m1/s1. The Morgan fingerprint density at radius 1 is 0.933 bits per heavy atom. The van der Waals surface area contributed by atoms with Crippen molar-refractivity contribution in [2.45, 2.75) is 84.7 Å². The van der Waals surface area contributed by atoms with Crippen LogP contribution in [0.5, 0.6) is 0 Å². The monoisotopic (exact) mass is 452 g/mol. The van der Waals surface area contributed by atoms with Crippen LogP contribution < -0.4 is 0 Å². The van der Waals surface area contributed by atoms with Crippen molar-refractivity contribution in [1.82, 2.24) is 0 Å². The molecule has 0 saturated carbocycles. The Hall–Kier alpha value is -0.300. The maximum Gasteiger partial charge on any atom is 0.330 e. The Balaban J connectivity index is 3.61. The number of aliphatic carboxylic acids is 1. The first kappa shape index (κ1) is 29.7. The van der Waals surface area contributed by atoms with Gasteiger partial charge in [-0.15, -0.1) is 0 Å². The summed E-state index contributed by atoms with van der Waals surface area (Å²) < 4.78 is 17.0. The highest BCUT2D eigenvalue weighted by molar-refractivity contribution is 7.40. The second kappa shape index (κ2) is 16.3. The normalized spacial score (nSPS) is 14.6. The number of quaternary nitrogens is 1. The van der Waals surface area contributed by atoms with E-state index in [4.69, 9.17) is 18.9 Å². The van der Waals surface area contributed by atoms with Crippen molar-refractivity contribution in [2.24, 2.45) is 5.41 Å². The van der Waals surface area contributed by atoms with Crippen molar-refractivity contribution in [3.8, 4) is 0 Å². The number of carboxylic acids is 1. The Kier molecular flexibility index (Phi) is 16.2. The highest BCUT2D eigenvalue weighted by Gasteiger charge is 2.25. The molecule has 0 saturated heterocycles. The summed E-state index contributed by atoms with van der Waals surface area (Å²) in [6, 6.07) is 0. The number of rotatable bonds is 19. The number of nitrogens with zero attached hydrogens (tertiary/aromatic N) is 1. The fourth-order valence-corrected chi connectivity index (χ4v) is 3.65. The average molecular weight is 453 g/mol. The minimum absolute atomic E-state index is 0.139. The average Bonchev–Trinajstić information content (AvgIpc) is 2.55. The molecule has 1 unspecified atom stereocenters. The molecule has 0 rings (SSSR count). The van der Waals surface area contributed by atoms with Gasteiger partial charge in [-0.05, 0) is 24.7 Å². The first-order chi connectivity index (χ1) is 13.9. The largest absolute Gasteiger partial charge is 0.481 e. The second-order valence-electron chi connectivity index (χ2n) is 10.3. The summed E-state index contributed by atoms with van der Waals surface area (Å²) in [6.07, 6.45) is 8.26. The van der Waals surface area contributed by atoms with Crippen molar-refractivity contribution in [3.05, 3.63) is 0 Å². The highest BCUT2D eigenvalue weighted by Crippen LogP contribution is 2.36. The lowest BCUT2D eigenvalue weighted by Gasteiger charge is -2.29. The minimum Gasteiger partial charge on any atom is -0.481 e. The van der Waals surface area contributed by atoms with E-state index in [2.05, 4.69) is 20.8 Å². The number of carbonyl (C=O) groups is 1.